The van der Waals surface area contributed by atoms with E-state index in [2.05, 4.69) is 27.5 Å². The summed E-state index contributed by atoms with van der Waals surface area (Å²) in [4.78, 5) is 15.0. The Labute approximate surface area is 145 Å². The first-order valence-corrected chi connectivity index (χ1v) is 8.28. The van der Waals surface area contributed by atoms with Gasteiger partial charge < -0.3 is 15.0 Å². The third kappa shape index (κ3) is 2.85. The summed E-state index contributed by atoms with van der Waals surface area (Å²) >= 11 is 0. The molecule has 6 heteroatoms. The number of hydrogen-bond acceptors (Lipinski definition) is 4. The Balaban J connectivity index is 1.68. The van der Waals surface area contributed by atoms with E-state index in [1.54, 1.807) is 7.11 Å². The largest absolute Gasteiger partial charge is 0.497 e. The van der Waals surface area contributed by atoms with E-state index in [-0.39, 0.29) is 5.91 Å². The monoisotopic (exact) mass is 336 g/mol. The number of carbonyl (C=O) groups is 1. The number of aromatic amines is 1. The average Bonchev–Trinajstić information content (AvgIpc) is 3.04. The molecular weight excluding hydrogens is 316 g/mol. The second-order valence-electron chi connectivity index (χ2n) is 6.36. The highest BCUT2D eigenvalue weighted by Gasteiger charge is 2.24. The maximum Gasteiger partial charge on any atom is 0.276 e. The van der Waals surface area contributed by atoms with E-state index in [1.165, 1.54) is 0 Å². The van der Waals surface area contributed by atoms with Gasteiger partial charge in [-0.15, -0.1) is 0 Å². The molecule has 25 heavy (non-hydrogen) atoms. The molecule has 1 aliphatic rings. The summed E-state index contributed by atoms with van der Waals surface area (Å²) in [6.45, 7) is 1.71. The number of amides is 1. The van der Waals surface area contributed by atoms with Crippen LogP contribution in [0.1, 0.15) is 21.7 Å². The van der Waals surface area contributed by atoms with Crippen LogP contribution >= 0.6 is 0 Å². The molecule has 4 rings (SSSR count). The molecule has 2 aromatic carbocycles. The lowest BCUT2D eigenvalue weighted by Crippen LogP contribution is -2.27. The highest BCUT2D eigenvalue weighted by atomic mass is 16.5. The number of nitrogens with zero attached hydrogens (tertiary/aromatic N) is 2. The van der Waals surface area contributed by atoms with Crippen LogP contribution in [-0.2, 0) is 13.0 Å². The number of carbonyl (C=O) groups excluding carboxylic acids is 1. The fourth-order valence-electron chi connectivity index (χ4n) is 3.29. The zero-order valence-electron chi connectivity index (χ0n) is 14.3. The van der Waals surface area contributed by atoms with E-state index >= 15 is 0 Å². The predicted molar refractivity (Wildman–Crippen MR) is 97.1 cm³/mol. The minimum atomic E-state index is -0.192. The second kappa shape index (κ2) is 6.22. The third-order valence-electron chi connectivity index (χ3n) is 4.68. The topological polar surface area (TPSA) is 70.2 Å². The number of methoxy groups -OCH3 is 1. The molecule has 0 spiro atoms. The quantitative estimate of drug-likeness (QED) is 0.772. The highest BCUT2D eigenvalue weighted by molar-refractivity contribution is 6.09. The molecule has 1 aromatic heterocycles. The molecule has 0 radical (unpaired) electrons. The third-order valence-corrected chi connectivity index (χ3v) is 4.68. The van der Waals surface area contributed by atoms with Gasteiger partial charge in [0.05, 0.1) is 7.11 Å². The summed E-state index contributed by atoms with van der Waals surface area (Å²) in [5.41, 5.74) is 3.27. The minimum Gasteiger partial charge on any atom is -0.497 e. The number of aromatic nitrogens is 2. The number of H-pyrrole nitrogens is 1. The number of rotatable bonds is 3. The summed E-state index contributed by atoms with van der Waals surface area (Å²) in [5, 5.41) is 12.3. The molecule has 0 saturated carbocycles. The lowest BCUT2D eigenvalue weighted by Gasteiger charge is -2.22. The van der Waals surface area contributed by atoms with E-state index < -0.39 is 0 Å². The highest BCUT2D eigenvalue weighted by Crippen LogP contribution is 2.28. The Bertz CT molecular complexity index is 948. The van der Waals surface area contributed by atoms with Crippen LogP contribution in [0.15, 0.2) is 36.4 Å². The molecule has 128 valence electrons. The molecule has 0 fully saturated rings. The van der Waals surface area contributed by atoms with Crippen molar-refractivity contribution in [3.05, 3.63) is 53.3 Å². The Morgan fingerprint density at radius 2 is 2.20 bits per heavy atom. The van der Waals surface area contributed by atoms with Crippen LogP contribution in [0, 0.1) is 0 Å². The van der Waals surface area contributed by atoms with Gasteiger partial charge in [-0.25, -0.2) is 0 Å². The Hall–Kier alpha value is -2.86. The summed E-state index contributed by atoms with van der Waals surface area (Å²) in [6.07, 6.45) is 0.886. The maximum atomic E-state index is 12.8. The smallest absolute Gasteiger partial charge is 0.276 e. The van der Waals surface area contributed by atoms with Gasteiger partial charge in [-0.3, -0.25) is 9.89 Å². The molecule has 0 saturated heterocycles. The first-order chi connectivity index (χ1) is 12.2. The van der Waals surface area contributed by atoms with Crippen LogP contribution in [0.25, 0.3) is 10.8 Å². The number of hydrogen-bond donors (Lipinski definition) is 2. The lowest BCUT2D eigenvalue weighted by molar-refractivity contribution is 0.102. The van der Waals surface area contributed by atoms with Crippen LogP contribution in [0.3, 0.4) is 0 Å². The van der Waals surface area contributed by atoms with Crippen molar-refractivity contribution in [2.75, 3.05) is 26.0 Å². The normalized spacial score (nSPS) is 14.3. The molecule has 1 aliphatic heterocycles. The number of benzene rings is 2. The Morgan fingerprint density at radius 1 is 1.32 bits per heavy atom. The maximum absolute atomic E-state index is 12.8. The zero-order chi connectivity index (χ0) is 17.4. The van der Waals surface area contributed by atoms with Crippen molar-refractivity contribution < 1.29 is 9.53 Å². The van der Waals surface area contributed by atoms with Crippen LogP contribution in [0.5, 0.6) is 5.75 Å². The minimum absolute atomic E-state index is 0.192. The van der Waals surface area contributed by atoms with Crippen molar-refractivity contribution in [2.24, 2.45) is 0 Å². The van der Waals surface area contributed by atoms with Gasteiger partial charge in [0.15, 0.2) is 5.69 Å². The molecule has 6 nitrogen and oxygen atoms in total. The molecule has 0 unspecified atom stereocenters. The Kier molecular flexibility index (Phi) is 3.89. The number of nitrogens with one attached hydrogen (secondary N) is 2. The predicted octanol–water partition coefficient (Wildman–Crippen LogP) is 2.81. The first-order valence-electron chi connectivity index (χ1n) is 8.28. The number of likely N-dealkylation sites (N-methyl/N-ethyl adjacent to an activating group) is 1. The van der Waals surface area contributed by atoms with Gasteiger partial charge in [0.1, 0.15) is 5.75 Å². The van der Waals surface area contributed by atoms with Gasteiger partial charge in [-0.05, 0) is 30.6 Å². The van der Waals surface area contributed by atoms with E-state index in [0.29, 0.717) is 5.69 Å². The molecular formula is C19H20N4O2. The Morgan fingerprint density at radius 3 is 3.04 bits per heavy atom. The lowest BCUT2D eigenvalue weighted by atomic mass is 10.0. The van der Waals surface area contributed by atoms with Crippen molar-refractivity contribution in [2.45, 2.75) is 13.0 Å². The van der Waals surface area contributed by atoms with Crippen molar-refractivity contribution >= 4 is 22.4 Å². The van der Waals surface area contributed by atoms with Crippen molar-refractivity contribution in [1.82, 2.24) is 15.1 Å². The summed E-state index contributed by atoms with van der Waals surface area (Å²) in [6, 6.07) is 11.7. The summed E-state index contributed by atoms with van der Waals surface area (Å²) < 4.78 is 5.31. The fourth-order valence-corrected chi connectivity index (χ4v) is 3.29. The van der Waals surface area contributed by atoms with E-state index in [4.69, 9.17) is 4.74 Å². The molecule has 2 heterocycles. The van der Waals surface area contributed by atoms with Gasteiger partial charge in [0, 0.05) is 41.8 Å². The summed E-state index contributed by atoms with van der Waals surface area (Å²) in [5.74, 6) is 0.566. The van der Waals surface area contributed by atoms with E-state index in [9.17, 15) is 4.79 Å². The SMILES string of the molecule is COc1ccc2cccc(NC(=O)c3n[nH]c4c3CN(C)CC4)c2c1. The van der Waals surface area contributed by atoms with Gasteiger partial charge in [-0.2, -0.15) is 5.10 Å². The van der Waals surface area contributed by atoms with Gasteiger partial charge in [0.2, 0.25) is 0 Å². The number of ether oxygens (including phenoxy) is 1. The summed E-state index contributed by atoms with van der Waals surface area (Å²) in [7, 11) is 3.68. The zero-order valence-corrected chi connectivity index (χ0v) is 14.3. The molecule has 0 aliphatic carbocycles. The average molecular weight is 336 g/mol. The second-order valence-corrected chi connectivity index (χ2v) is 6.36. The van der Waals surface area contributed by atoms with Crippen LogP contribution in [0.2, 0.25) is 0 Å². The van der Waals surface area contributed by atoms with Crippen LogP contribution < -0.4 is 10.1 Å². The van der Waals surface area contributed by atoms with Gasteiger partial charge in [0.25, 0.3) is 5.91 Å². The van der Waals surface area contributed by atoms with Crippen molar-refractivity contribution in [1.29, 1.82) is 0 Å². The van der Waals surface area contributed by atoms with Crippen LogP contribution in [0.4, 0.5) is 5.69 Å². The fraction of sp³-hybridized carbons (Fsp3) is 0.263. The molecule has 1 amide bonds. The molecule has 0 bridgehead atoms. The van der Waals surface area contributed by atoms with Crippen LogP contribution in [-0.4, -0.2) is 41.7 Å². The molecule has 0 atom stereocenters. The van der Waals surface area contributed by atoms with Gasteiger partial charge >= 0.3 is 0 Å². The molecule has 3 aromatic rings. The van der Waals surface area contributed by atoms with Gasteiger partial charge in [-0.1, -0.05) is 18.2 Å². The standard InChI is InChI=1S/C19H20N4O2/c1-23-9-8-17-15(11-23)18(22-21-17)19(24)20-16-5-3-4-12-6-7-13(25-2)10-14(12)16/h3-7,10H,8-9,11H2,1-2H3,(H,20,24)(H,21,22). The van der Waals surface area contributed by atoms with E-state index in [1.807, 2.05) is 36.4 Å². The number of fused-ring (bicyclic) bond motifs is 2. The first kappa shape index (κ1) is 15.7. The van der Waals surface area contributed by atoms with E-state index in [0.717, 1.165) is 53.0 Å². The number of anilines is 1. The molecule has 2 N–H and O–H groups in total. The van der Waals surface area contributed by atoms with Crippen molar-refractivity contribution in [3.63, 3.8) is 0 Å². The van der Waals surface area contributed by atoms with Crippen molar-refractivity contribution in [3.8, 4) is 5.75 Å².